The zero-order valence-electron chi connectivity index (χ0n) is 66.0. The molecule has 1 atom stereocenters. The van der Waals surface area contributed by atoms with E-state index in [1.54, 1.807) is 64.5 Å². The van der Waals surface area contributed by atoms with Crippen molar-refractivity contribution in [3.05, 3.63) is 107 Å². The number of amides is 4. The number of nitrogens with one attached hydrogen (secondary N) is 2. The molecule has 1 radical (unpaired) electrons. The molecule has 3 aliphatic heterocycles. The minimum atomic E-state index is -1.25. The van der Waals surface area contributed by atoms with Crippen molar-refractivity contribution < 1.29 is 130 Å². The Kier molecular flexibility index (Phi) is 35.0. The van der Waals surface area contributed by atoms with Gasteiger partial charge in [-0.05, 0) is 90.8 Å². The van der Waals surface area contributed by atoms with Gasteiger partial charge in [-0.1, -0.05) is 52.0 Å². The average Bonchev–Trinajstić information content (AvgIpc) is 1.66. The number of aromatic hydroxyl groups is 4. The molecular weight excluding hydrogens is 1650 g/mol. The van der Waals surface area contributed by atoms with E-state index in [2.05, 4.69) is 40.8 Å². The number of carboxylic acids is 4. The van der Waals surface area contributed by atoms with Crippen molar-refractivity contribution in [3.63, 3.8) is 0 Å². The number of benzene rings is 4. The summed E-state index contributed by atoms with van der Waals surface area (Å²) in [6, 6.07) is 19.6. The number of hydrogen-bond donors (Lipinski definition) is 10. The predicted molar refractivity (Wildman–Crippen MR) is 417 cm³/mol. The molecule has 4 aromatic carbocycles. The van der Waals surface area contributed by atoms with Crippen LogP contribution in [0.15, 0.2) is 72.8 Å². The third-order valence-corrected chi connectivity index (χ3v) is 20.6. The quantitative estimate of drug-likeness (QED) is 0.0248. The van der Waals surface area contributed by atoms with Crippen molar-refractivity contribution in [3.8, 4) is 57.1 Å². The van der Waals surface area contributed by atoms with Crippen LogP contribution in [0, 0.1) is 42.8 Å². The van der Waals surface area contributed by atoms with Crippen LogP contribution in [-0.2, 0) is 56.1 Å². The van der Waals surface area contributed by atoms with Gasteiger partial charge in [0.05, 0.1) is 70.0 Å². The van der Waals surface area contributed by atoms with Gasteiger partial charge < -0.3 is 70.8 Å². The first-order valence-corrected chi connectivity index (χ1v) is 38.8. The van der Waals surface area contributed by atoms with Crippen LogP contribution < -0.4 is 10.6 Å². The number of rotatable bonds is 37. The fourth-order valence-electron chi connectivity index (χ4n) is 14.4. The zero-order valence-corrected chi connectivity index (χ0v) is 67.6. The molecule has 2 aromatic heterocycles. The largest absolute Gasteiger partial charge is 0.508 e. The third-order valence-electron chi connectivity index (χ3n) is 20.6. The van der Waals surface area contributed by atoms with E-state index in [9.17, 15) is 84.0 Å². The van der Waals surface area contributed by atoms with Gasteiger partial charge in [-0.3, -0.25) is 81.7 Å². The van der Waals surface area contributed by atoms with E-state index < -0.39 is 60.7 Å². The maximum absolute atomic E-state index is 14.1. The molecule has 0 saturated carbocycles. The van der Waals surface area contributed by atoms with Crippen LogP contribution in [0.5, 0.6) is 23.0 Å². The number of carbonyl (C=O) groups excluding carboxylic acids is 5. The number of aromatic nitrogens is 6. The standard InChI is InChI=1S/C79H108N16O19.Lu/c1-7-80-77(109)75-84-82-73(61-40-59(51(3)4)64(97)42-66(61)99)94(75)56-13-9-53(10-14-56)44-86-27-33-92(34-28-86)68(101)19-37-113-49-55(39-58(96)17-18-63(79(111)112)91-31-25-89(47-71(105)106)23-21-88(46-70(103)104)22-24-90(26-32-91)48-72(107)108)50-114-38-20-69(102)93-35-29-87(30-36-93)45-54-11-15-57(16-12-54)95-74(83-85-76(95)78(110)81-8-2)62-41-60(52(5)6)65(98)43-67(62)100;/h9-16,40-43,51-52,55,63,97-100H,7-8,17-39,44-50H2,1-6H3,(H,80,109)(H,81,110)(H,103,104)(H,105,106)(H,107,108)(H,111,112);/t63-;/m1./s1. The molecule has 36 heteroatoms. The molecule has 9 rings (SSSR count). The molecular formula is C79H108LuN16O19. The molecule has 0 unspecified atom stereocenters. The van der Waals surface area contributed by atoms with Crippen molar-refractivity contribution in [1.82, 2.24) is 79.4 Å². The fraction of sp³-hybridized carbons (Fsp3) is 0.532. The van der Waals surface area contributed by atoms with Gasteiger partial charge in [-0.25, -0.2) is 0 Å². The summed E-state index contributed by atoms with van der Waals surface area (Å²) in [4.78, 5) is 131. The van der Waals surface area contributed by atoms with Crippen molar-refractivity contribution in [2.24, 2.45) is 5.92 Å². The summed E-state index contributed by atoms with van der Waals surface area (Å²) >= 11 is 0. The summed E-state index contributed by atoms with van der Waals surface area (Å²) in [5.41, 5.74) is 4.77. The first-order valence-electron chi connectivity index (χ1n) is 38.8. The van der Waals surface area contributed by atoms with Gasteiger partial charge in [-0.2, -0.15) is 0 Å². The number of piperazine rings is 2. The van der Waals surface area contributed by atoms with Crippen LogP contribution in [0.25, 0.3) is 34.2 Å². The molecule has 0 aliphatic carbocycles. The molecule has 115 heavy (non-hydrogen) atoms. The second kappa shape index (κ2) is 44.1. The van der Waals surface area contributed by atoms with Crippen LogP contribution in [0.4, 0.5) is 0 Å². The molecule has 0 spiro atoms. The number of phenolic OH excluding ortho intramolecular Hbond substituents is 4. The van der Waals surface area contributed by atoms with E-state index in [0.29, 0.717) is 101 Å². The monoisotopic (exact) mass is 1760 g/mol. The SMILES string of the molecule is CCNC(=O)c1nnc(-c2cc(C(C)C)c(O)cc2O)n1-c1ccc(CN2CCN(C(=O)CCOCC(COCCC(=O)N3CCN(Cc4ccc(-n5c(C(=O)NCC)nnc5-c5cc(C(C)C)c(O)cc5O)cc4)CC3)CC(=O)CC[C@H](C(=O)O)N3CCN(CC(=O)O)CCN(CC(=O)O)CCN(CC(=O)O)CC3)CC2)cc1.[Lu]. The first-order chi connectivity index (χ1) is 54.6. The Bertz CT molecular complexity index is 4060. The van der Waals surface area contributed by atoms with E-state index in [1.807, 2.05) is 76.2 Å². The number of Topliss-reactive ketones (excluding diaryl/α,β-unsaturated/α-hetero) is 1. The molecule has 10 N–H and O–H groups in total. The maximum Gasteiger partial charge on any atom is 0.320 e. The number of ether oxygens (including phenoxy) is 2. The summed E-state index contributed by atoms with van der Waals surface area (Å²) < 4.78 is 15.4. The van der Waals surface area contributed by atoms with E-state index in [-0.39, 0.29) is 241 Å². The van der Waals surface area contributed by atoms with Crippen LogP contribution >= 0.6 is 0 Å². The fourth-order valence-corrected chi connectivity index (χ4v) is 14.4. The Morgan fingerprint density at radius 3 is 1.15 bits per heavy atom. The second-order valence-electron chi connectivity index (χ2n) is 29.6. The number of aliphatic carboxylic acids is 4. The van der Waals surface area contributed by atoms with Gasteiger partial charge in [0.1, 0.15) is 34.8 Å². The van der Waals surface area contributed by atoms with Crippen LogP contribution in [-0.4, -0.2) is 333 Å². The van der Waals surface area contributed by atoms with Crippen molar-refractivity contribution in [1.29, 1.82) is 0 Å². The van der Waals surface area contributed by atoms with Gasteiger partial charge in [0.15, 0.2) is 11.6 Å². The van der Waals surface area contributed by atoms with Gasteiger partial charge >= 0.3 is 23.9 Å². The summed E-state index contributed by atoms with van der Waals surface area (Å²) in [5, 5.41) is 106. The Hall–Kier alpha value is -9.30. The summed E-state index contributed by atoms with van der Waals surface area (Å²) in [6.45, 7) is 16.6. The number of nitrogens with zero attached hydrogens (tertiary/aromatic N) is 14. The normalized spacial score (nSPS) is 15.8. The van der Waals surface area contributed by atoms with Crippen molar-refractivity contribution in [2.75, 3.05) is 164 Å². The third kappa shape index (κ3) is 26.1. The summed E-state index contributed by atoms with van der Waals surface area (Å²) in [5.74, 6) is -7.09. The molecule has 4 amide bonds. The smallest absolute Gasteiger partial charge is 0.320 e. The predicted octanol–water partition coefficient (Wildman–Crippen LogP) is 3.84. The van der Waals surface area contributed by atoms with Gasteiger partial charge in [0.25, 0.3) is 11.8 Å². The minimum absolute atomic E-state index is 0. The Morgan fingerprint density at radius 2 is 0.809 bits per heavy atom. The Morgan fingerprint density at radius 1 is 0.452 bits per heavy atom. The van der Waals surface area contributed by atoms with E-state index >= 15 is 0 Å². The summed E-state index contributed by atoms with van der Waals surface area (Å²) in [7, 11) is 0. The average molecular weight is 1760 g/mol. The number of carbonyl (C=O) groups is 9. The minimum Gasteiger partial charge on any atom is -0.508 e. The Labute approximate surface area is 696 Å². The Balaban J connectivity index is 0.0000165. The molecule has 633 valence electrons. The molecule has 35 nitrogen and oxygen atoms in total. The first kappa shape index (κ1) is 91.2. The summed E-state index contributed by atoms with van der Waals surface area (Å²) in [6.07, 6.45) is -0.398. The molecule has 0 bridgehead atoms. The van der Waals surface area contributed by atoms with E-state index in [0.717, 1.165) is 11.1 Å². The van der Waals surface area contributed by atoms with Crippen LogP contribution in [0.1, 0.15) is 129 Å². The van der Waals surface area contributed by atoms with Crippen LogP contribution in [0.3, 0.4) is 0 Å². The van der Waals surface area contributed by atoms with Gasteiger partial charge in [0, 0.05) is 210 Å². The topological polar surface area (TPSA) is 445 Å². The van der Waals surface area contributed by atoms with Gasteiger partial charge in [0.2, 0.25) is 23.5 Å². The molecule has 3 fully saturated rings. The second-order valence-corrected chi connectivity index (χ2v) is 29.6. The number of hydrogen-bond acceptors (Lipinski definition) is 25. The van der Waals surface area contributed by atoms with E-state index in [1.165, 1.54) is 12.1 Å². The van der Waals surface area contributed by atoms with E-state index in [4.69, 9.17) is 9.47 Å². The van der Waals surface area contributed by atoms with Gasteiger partial charge in [-0.15, -0.1) is 20.4 Å². The number of phenols is 4. The van der Waals surface area contributed by atoms with Crippen molar-refractivity contribution >= 4 is 53.3 Å². The molecule has 3 aliphatic rings. The maximum atomic E-state index is 14.1. The molecule has 6 aromatic rings. The zero-order chi connectivity index (χ0) is 82.3. The van der Waals surface area contributed by atoms with Crippen molar-refractivity contribution in [2.45, 2.75) is 105 Å². The molecule has 3 saturated heterocycles. The number of carboxylic acid groups (broad SMARTS) is 4. The number of ketones is 1. The molecule has 5 heterocycles. The van der Waals surface area contributed by atoms with Crippen LogP contribution in [0.2, 0.25) is 0 Å².